The molecule has 2 nitrogen and oxygen atoms in total. The molecule has 1 saturated heterocycles. The van der Waals surface area contributed by atoms with Gasteiger partial charge in [-0.1, -0.05) is 20.8 Å². The van der Waals surface area contributed by atoms with Crippen molar-refractivity contribution in [2.45, 2.75) is 39.7 Å². The van der Waals surface area contributed by atoms with E-state index in [0.29, 0.717) is 5.92 Å². The number of likely N-dealkylation sites (tertiary alicyclic amines) is 1. The number of piperidine rings is 1. The zero-order valence-corrected chi connectivity index (χ0v) is 9.16. The predicted molar refractivity (Wildman–Crippen MR) is 55.7 cm³/mol. The lowest BCUT2D eigenvalue weighted by molar-refractivity contribution is 0.0276. The maximum absolute atomic E-state index is 9.67. The van der Waals surface area contributed by atoms with Crippen molar-refractivity contribution in [1.82, 2.24) is 4.90 Å². The van der Waals surface area contributed by atoms with E-state index in [0.717, 1.165) is 25.4 Å². The van der Waals surface area contributed by atoms with E-state index < -0.39 is 0 Å². The predicted octanol–water partition coefficient (Wildman–Crippen LogP) is 1.74. The molecule has 0 bridgehead atoms. The second kappa shape index (κ2) is 4.97. The third-order valence-electron chi connectivity index (χ3n) is 3.03. The summed E-state index contributed by atoms with van der Waals surface area (Å²) >= 11 is 0. The van der Waals surface area contributed by atoms with Gasteiger partial charge in [-0.3, -0.25) is 0 Å². The number of aliphatic hydroxyl groups excluding tert-OH is 1. The van der Waals surface area contributed by atoms with Crippen LogP contribution in [0.25, 0.3) is 0 Å². The van der Waals surface area contributed by atoms with Gasteiger partial charge in [0.25, 0.3) is 0 Å². The number of β-amino-alcohol motifs (C(OH)–C–C–N with tert-alkyl or cyclic N) is 1. The van der Waals surface area contributed by atoms with E-state index in [1.54, 1.807) is 0 Å². The molecule has 0 amide bonds. The van der Waals surface area contributed by atoms with Crippen LogP contribution in [-0.2, 0) is 0 Å². The average molecular weight is 185 g/mol. The highest BCUT2D eigenvalue weighted by Crippen LogP contribution is 2.17. The molecule has 2 unspecified atom stereocenters. The molecule has 0 aromatic heterocycles. The molecule has 78 valence electrons. The summed E-state index contributed by atoms with van der Waals surface area (Å²) in [6.07, 6.45) is 2.31. The van der Waals surface area contributed by atoms with E-state index in [9.17, 15) is 5.11 Å². The second-order valence-electron chi connectivity index (χ2n) is 4.82. The Kier molecular flexibility index (Phi) is 4.20. The van der Waals surface area contributed by atoms with Crippen LogP contribution in [0.4, 0.5) is 0 Å². The minimum atomic E-state index is -0.0964. The van der Waals surface area contributed by atoms with Crippen LogP contribution in [0, 0.1) is 11.8 Å². The molecule has 1 rings (SSSR count). The van der Waals surface area contributed by atoms with Crippen LogP contribution >= 0.6 is 0 Å². The van der Waals surface area contributed by atoms with Crippen LogP contribution in [0.5, 0.6) is 0 Å². The standard InChI is InChI=1S/C11H23NO/c1-9(2)4-6-12-7-5-10(3)11(13)8-12/h9-11,13H,4-8H2,1-3H3. The van der Waals surface area contributed by atoms with Gasteiger partial charge < -0.3 is 10.0 Å². The summed E-state index contributed by atoms with van der Waals surface area (Å²) in [4.78, 5) is 2.39. The third kappa shape index (κ3) is 3.65. The normalized spacial score (nSPS) is 31.2. The smallest absolute Gasteiger partial charge is 0.0693 e. The van der Waals surface area contributed by atoms with Gasteiger partial charge in [-0.25, -0.2) is 0 Å². The molecule has 1 heterocycles. The Balaban J connectivity index is 2.21. The Hall–Kier alpha value is -0.0800. The number of hydrogen-bond donors (Lipinski definition) is 1. The van der Waals surface area contributed by atoms with E-state index in [2.05, 4.69) is 25.7 Å². The Morgan fingerprint density at radius 3 is 2.69 bits per heavy atom. The Labute approximate surface area is 81.9 Å². The summed E-state index contributed by atoms with van der Waals surface area (Å²) in [5, 5.41) is 9.67. The first-order valence-electron chi connectivity index (χ1n) is 5.50. The summed E-state index contributed by atoms with van der Waals surface area (Å²) in [5.74, 6) is 1.27. The minimum absolute atomic E-state index is 0.0964. The van der Waals surface area contributed by atoms with E-state index in [1.807, 2.05) is 0 Å². The molecule has 13 heavy (non-hydrogen) atoms. The number of nitrogens with zero attached hydrogens (tertiary/aromatic N) is 1. The highest BCUT2D eigenvalue weighted by Gasteiger charge is 2.23. The minimum Gasteiger partial charge on any atom is -0.392 e. The fourth-order valence-corrected chi connectivity index (χ4v) is 1.76. The molecule has 1 aliphatic rings. The summed E-state index contributed by atoms with van der Waals surface area (Å²) in [6, 6.07) is 0. The summed E-state index contributed by atoms with van der Waals surface area (Å²) < 4.78 is 0. The number of aliphatic hydroxyl groups is 1. The summed E-state index contributed by atoms with van der Waals surface area (Å²) in [6.45, 7) is 9.86. The Bertz CT molecular complexity index is 147. The van der Waals surface area contributed by atoms with Crippen LogP contribution in [0.3, 0.4) is 0 Å². The van der Waals surface area contributed by atoms with Crippen LogP contribution in [0.1, 0.15) is 33.6 Å². The third-order valence-corrected chi connectivity index (χ3v) is 3.03. The van der Waals surface area contributed by atoms with Crippen LogP contribution in [0.15, 0.2) is 0 Å². The quantitative estimate of drug-likeness (QED) is 0.724. The van der Waals surface area contributed by atoms with E-state index in [1.165, 1.54) is 13.0 Å². The van der Waals surface area contributed by atoms with Gasteiger partial charge in [0.2, 0.25) is 0 Å². The first-order valence-corrected chi connectivity index (χ1v) is 5.50. The molecular formula is C11H23NO. The largest absolute Gasteiger partial charge is 0.392 e. The molecule has 0 radical (unpaired) electrons. The molecule has 0 saturated carbocycles. The van der Waals surface area contributed by atoms with Crippen molar-refractivity contribution in [3.63, 3.8) is 0 Å². The van der Waals surface area contributed by atoms with Crippen molar-refractivity contribution in [2.24, 2.45) is 11.8 Å². The van der Waals surface area contributed by atoms with Gasteiger partial charge in [-0.15, -0.1) is 0 Å². The number of hydrogen-bond acceptors (Lipinski definition) is 2. The molecule has 0 aromatic rings. The van der Waals surface area contributed by atoms with Gasteiger partial charge in [0, 0.05) is 6.54 Å². The van der Waals surface area contributed by atoms with Gasteiger partial charge in [0.15, 0.2) is 0 Å². The van der Waals surface area contributed by atoms with Crippen LogP contribution < -0.4 is 0 Å². The maximum Gasteiger partial charge on any atom is 0.0693 e. The summed E-state index contributed by atoms with van der Waals surface area (Å²) in [5.41, 5.74) is 0. The molecular weight excluding hydrogens is 162 g/mol. The molecule has 2 heteroatoms. The van der Waals surface area contributed by atoms with Crippen molar-refractivity contribution in [1.29, 1.82) is 0 Å². The van der Waals surface area contributed by atoms with Gasteiger partial charge in [0.1, 0.15) is 0 Å². The zero-order chi connectivity index (χ0) is 9.84. The molecule has 2 atom stereocenters. The molecule has 1 fully saturated rings. The lowest BCUT2D eigenvalue weighted by Gasteiger charge is -2.34. The molecule has 0 spiro atoms. The van der Waals surface area contributed by atoms with Gasteiger partial charge in [-0.05, 0) is 37.8 Å². The highest BCUT2D eigenvalue weighted by molar-refractivity contribution is 4.77. The first-order chi connectivity index (χ1) is 6.09. The lowest BCUT2D eigenvalue weighted by atomic mass is 9.95. The van der Waals surface area contributed by atoms with Crippen molar-refractivity contribution in [3.8, 4) is 0 Å². The van der Waals surface area contributed by atoms with E-state index >= 15 is 0 Å². The van der Waals surface area contributed by atoms with Gasteiger partial charge in [-0.2, -0.15) is 0 Å². The second-order valence-corrected chi connectivity index (χ2v) is 4.82. The average Bonchev–Trinajstić information content (AvgIpc) is 2.07. The SMILES string of the molecule is CC(C)CCN1CCC(C)C(O)C1. The molecule has 1 aliphatic heterocycles. The van der Waals surface area contributed by atoms with Crippen molar-refractivity contribution >= 4 is 0 Å². The summed E-state index contributed by atoms with van der Waals surface area (Å²) in [7, 11) is 0. The fourth-order valence-electron chi connectivity index (χ4n) is 1.76. The van der Waals surface area contributed by atoms with Gasteiger partial charge >= 0.3 is 0 Å². The fraction of sp³-hybridized carbons (Fsp3) is 1.00. The lowest BCUT2D eigenvalue weighted by Crippen LogP contribution is -2.43. The Morgan fingerprint density at radius 1 is 1.46 bits per heavy atom. The van der Waals surface area contributed by atoms with Crippen molar-refractivity contribution < 1.29 is 5.11 Å². The molecule has 1 N–H and O–H groups in total. The van der Waals surface area contributed by atoms with Crippen molar-refractivity contribution in [2.75, 3.05) is 19.6 Å². The molecule has 0 aromatic carbocycles. The monoisotopic (exact) mass is 185 g/mol. The van der Waals surface area contributed by atoms with Gasteiger partial charge in [0.05, 0.1) is 6.10 Å². The Morgan fingerprint density at radius 2 is 2.15 bits per heavy atom. The first kappa shape index (κ1) is 11.0. The topological polar surface area (TPSA) is 23.5 Å². The zero-order valence-electron chi connectivity index (χ0n) is 9.16. The van der Waals surface area contributed by atoms with Crippen LogP contribution in [0.2, 0.25) is 0 Å². The number of rotatable bonds is 3. The van der Waals surface area contributed by atoms with Crippen LogP contribution in [-0.4, -0.2) is 35.7 Å². The van der Waals surface area contributed by atoms with E-state index in [4.69, 9.17) is 0 Å². The van der Waals surface area contributed by atoms with Crippen molar-refractivity contribution in [3.05, 3.63) is 0 Å². The highest BCUT2D eigenvalue weighted by atomic mass is 16.3. The van der Waals surface area contributed by atoms with E-state index in [-0.39, 0.29) is 6.10 Å². The maximum atomic E-state index is 9.67. The molecule has 0 aliphatic carbocycles.